The Labute approximate surface area is 209 Å². The molecule has 0 aliphatic heterocycles. The number of unbranched alkanes of at least 4 members (excludes halogenated alkanes) is 1. The van der Waals surface area contributed by atoms with Crippen molar-refractivity contribution in [3.8, 4) is 11.3 Å². The summed E-state index contributed by atoms with van der Waals surface area (Å²) in [6.07, 6.45) is 13.2. The number of nitrogens with zero attached hydrogens (tertiary/aromatic N) is 6. The molecule has 3 N–H and O–H groups in total. The number of carbonyl (C=O) groups is 2. The van der Waals surface area contributed by atoms with E-state index in [4.69, 9.17) is 17.0 Å². The standard InChI is InChI=1S/C25H32N8O3/c1-27-14-21(17-7-3-4-8-17)33-15-18(13-30-33)22-19-10-12-32(23(19)29-16-28-22)25(35)31-20(24(34)36-2)9-5-6-11-26/h10,12-13,15-17,20-21H,3-9,11,14,26H2,2H3,(H,31,35)/t20-,21+/m0/s1. The maximum absolute atomic E-state index is 13.1. The van der Waals surface area contributed by atoms with Gasteiger partial charge in [-0.05, 0) is 50.6 Å². The van der Waals surface area contributed by atoms with E-state index in [9.17, 15) is 9.59 Å². The number of ether oxygens (including phenoxy) is 1. The Balaban J connectivity index is 1.58. The second-order valence-corrected chi connectivity index (χ2v) is 9.12. The first-order chi connectivity index (χ1) is 17.6. The van der Waals surface area contributed by atoms with Gasteiger partial charge >= 0.3 is 12.0 Å². The molecule has 4 rings (SSSR count). The number of methoxy groups -OCH3 is 1. The van der Waals surface area contributed by atoms with Crippen LogP contribution in [0, 0.1) is 12.5 Å². The summed E-state index contributed by atoms with van der Waals surface area (Å²) in [6, 6.07) is 0.561. The van der Waals surface area contributed by atoms with Crippen LogP contribution in [0.2, 0.25) is 0 Å². The van der Waals surface area contributed by atoms with E-state index < -0.39 is 18.0 Å². The Kier molecular flexibility index (Phi) is 8.28. The number of hydrogen-bond donors (Lipinski definition) is 2. The molecule has 3 heterocycles. The summed E-state index contributed by atoms with van der Waals surface area (Å²) < 4.78 is 8.11. The average Bonchev–Trinajstić information content (AvgIpc) is 3.67. The normalized spacial score (nSPS) is 15.5. The minimum atomic E-state index is -0.777. The molecule has 36 heavy (non-hydrogen) atoms. The topological polar surface area (TPSA) is 134 Å². The van der Waals surface area contributed by atoms with E-state index in [0.717, 1.165) is 24.8 Å². The molecule has 0 bridgehead atoms. The molecule has 1 amide bonds. The molecule has 3 aromatic heterocycles. The van der Waals surface area contributed by atoms with Crippen molar-refractivity contribution in [1.29, 1.82) is 0 Å². The fraction of sp³-hybridized carbons (Fsp3) is 0.520. The molecular formula is C25H32N8O3. The van der Waals surface area contributed by atoms with Gasteiger partial charge < -0.3 is 20.6 Å². The van der Waals surface area contributed by atoms with Gasteiger partial charge in [-0.1, -0.05) is 12.8 Å². The molecule has 0 spiro atoms. The van der Waals surface area contributed by atoms with Crippen molar-refractivity contribution in [2.45, 2.75) is 57.0 Å². The Morgan fingerprint density at radius 2 is 2.11 bits per heavy atom. The zero-order valence-corrected chi connectivity index (χ0v) is 20.5. The minimum absolute atomic E-state index is 0.0426. The van der Waals surface area contributed by atoms with Gasteiger partial charge in [-0.3, -0.25) is 9.25 Å². The molecule has 190 valence electrons. The van der Waals surface area contributed by atoms with Gasteiger partial charge in [0.1, 0.15) is 18.4 Å². The van der Waals surface area contributed by atoms with Crippen molar-refractivity contribution in [1.82, 2.24) is 29.6 Å². The monoisotopic (exact) mass is 492 g/mol. The number of esters is 1. The second-order valence-electron chi connectivity index (χ2n) is 9.12. The van der Waals surface area contributed by atoms with Crippen molar-refractivity contribution >= 4 is 23.0 Å². The van der Waals surface area contributed by atoms with Crippen LogP contribution >= 0.6 is 0 Å². The van der Waals surface area contributed by atoms with Crippen molar-refractivity contribution in [3.63, 3.8) is 0 Å². The summed E-state index contributed by atoms with van der Waals surface area (Å²) in [7, 11) is 1.30. The van der Waals surface area contributed by atoms with Gasteiger partial charge in [0.15, 0.2) is 5.65 Å². The third kappa shape index (κ3) is 5.39. The predicted molar refractivity (Wildman–Crippen MR) is 134 cm³/mol. The third-order valence-corrected chi connectivity index (χ3v) is 6.87. The van der Waals surface area contributed by atoms with Gasteiger partial charge in [0.25, 0.3) is 0 Å². The molecule has 0 radical (unpaired) electrons. The van der Waals surface area contributed by atoms with Gasteiger partial charge in [-0.25, -0.2) is 26.1 Å². The van der Waals surface area contributed by atoms with Gasteiger partial charge in [-0.2, -0.15) is 5.10 Å². The number of rotatable bonds is 10. The largest absolute Gasteiger partial charge is 0.467 e. The number of carbonyl (C=O) groups excluding carboxylic acids is 2. The van der Waals surface area contributed by atoms with E-state index in [1.54, 1.807) is 18.5 Å². The van der Waals surface area contributed by atoms with Crippen LogP contribution in [0.5, 0.6) is 0 Å². The lowest BCUT2D eigenvalue weighted by atomic mass is 9.98. The van der Waals surface area contributed by atoms with E-state index in [1.807, 2.05) is 10.9 Å². The number of amides is 1. The van der Waals surface area contributed by atoms with Gasteiger partial charge in [0, 0.05) is 23.3 Å². The summed E-state index contributed by atoms with van der Waals surface area (Å²) in [5.74, 6) is -0.0505. The average molecular weight is 493 g/mol. The fourth-order valence-corrected chi connectivity index (χ4v) is 4.97. The first-order valence-electron chi connectivity index (χ1n) is 12.4. The molecule has 1 saturated carbocycles. The summed E-state index contributed by atoms with van der Waals surface area (Å²) in [5, 5.41) is 8.01. The van der Waals surface area contributed by atoms with Gasteiger partial charge in [0.05, 0.1) is 19.0 Å². The lowest BCUT2D eigenvalue weighted by Crippen LogP contribution is -2.43. The maximum Gasteiger partial charge on any atom is 0.328 e. The van der Waals surface area contributed by atoms with Crippen molar-refractivity contribution in [2.24, 2.45) is 11.7 Å². The molecular weight excluding hydrogens is 460 g/mol. The molecule has 1 aliphatic carbocycles. The van der Waals surface area contributed by atoms with Crippen LogP contribution in [-0.2, 0) is 9.53 Å². The van der Waals surface area contributed by atoms with E-state index in [0.29, 0.717) is 48.6 Å². The number of aromatic nitrogens is 5. The van der Waals surface area contributed by atoms with Crippen LogP contribution in [0.4, 0.5) is 4.79 Å². The number of nitrogens with one attached hydrogen (secondary N) is 1. The Morgan fingerprint density at radius 1 is 1.31 bits per heavy atom. The highest BCUT2D eigenvalue weighted by atomic mass is 16.5. The van der Waals surface area contributed by atoms with Crippen LogP contribution in [0.15, 0.2) is 31.0 Å². The molecule has 0 aromatic carbocycles. The molecule has 3 aromatic rings. The lowest BCUT2D eigenvalue weighted by molar-refractivity contribution is -0.143. The Hall–Kier alpha value is -3.78. The molecule has 2 atom stereocenters. The number of nitrogens with two attached hydrogens (primary N) is 1. The zero-order valence-electron chi connectivity index (χ0n) is 20.5. The highest BCUT2D eigenvalue weighted by Crippen LogP contribution is 2.35. The third-order valence-electron chi connectivity index (χ3n) is 6.87. The first kappa shape index (κ1) is 25.3. The number of hydrogen-bond acceptors (Lipinski definition) is 7. The van der Waals surface area contributed by atoms with Crippen molar-refractivity contribution < 1.29 is 14.3 Å². The first-order valence-corrected chi connectivity index (χ1v) is 12.4. The summed E-state index contributed by atoms with van der Waals surface area (Å²) in [5.41, 5.74) is 7.42. The molecule has 11 heteroatoms. The van der Waals surface area contributed by atoms with E-state index >= 15 is 0 Å². The Bertz CT molecular complexity index is 1240. The smallest absolute Gasteiger partial charge is 0.328 e. The van der Waals surface area contributed by atoms with E-state index in [-0.39, 0.29) is 6.04 Å². The maximum atomic E-state index is 13.1. The van der Waals surface area contributed by atoms with Crippen LogP contribution in [0.1, 0.15) is 51.0 Å². The van der Waals surface area contributed by atoms with E-state index in [2.05, 4.69) is 25.2 Å². The highest BCUT2D eigenvalue weighted by molar-refractivity contribution is 5.97. The summed E-state index contributed by atoms with van der Waals surface area (Å²) in [6.45, 7) is 8.30. The summed E-state index contributed by atoms with van der Waals surface area (Å²) >= 11 is 0. The lowest BCUT2D eigenvalue weighted by Gasteiger charge is -2.18. The molecule has 1 fully saturated rings. The molecule has 1 aliphatic rings. The molecule has 0 saturated heterocycles. The SMILES string of the molecule is [C-]#[N+]C[C@H](C1CCCC1)n1cc(-c2ncnc3c2ccn3C(=O)N[C@@H](CCCCN)C(=O)OC)cn1. The highest BCUT2D eigenvalue weighted by Gasteiger charge is 2.30. The number of fused-ring (bicyclic) bond motifs is 1. The minimum Gasteiger partial charge on any atom is -0.467 e. The quantitative estimate of drug-likeness (QED) is 0.252. The van der Waals surface area contributed by atoms with E-state index in [1.165, 1.54) is 30.8 Å². The second kappa shape index (κ2) is 11.8. The van der Waals surface area contributed by atoms with Crippen LogP contribution < -0.4 is 11.1 Å². The molecule has 11 nitrogen and oxygen atoms in total. The zero-order chi connectivity index (χ0) is 25.5. The van der Waals surface area contributed by atoms with Crippen LogP contribution in [-0.4, -0.2) is 62.6 Å². The fourth-order valence-electron chi connectivity index (χ4n) is 4.97. The Morgan fingerprint density at radius 3 is 2.83 bits per heavy atom. The van der Waals surface area contributed by atoms with Crippen molar-refractivity contribution in [3.05, 3.63) is 42.4 Å². The summed E-state index contributed by atoms with van der Waals surface area (Å²) in [4.78, 5) is 37.7. The van der Waals surface area contributed by atoms with Crippen LogP contribution in [0.25, 0.3) is 27.1 Å². The van der Waals surface area contributed by atoms with Gasteiger partial charge in [-0.15, -0.1) is 0 Å². The predicted octanol–water partition coefficient (Wildman–Crippen LogP) is 3.17. The van der Waals surface area contributed by atoms with Crippen molar-refractivity contribution in [2.75, 3.05) is 20.2 Å². The van der Waals surface area contributed by atoms with Crippen LogP contribution in [0.3, 0.4) is 0 Å². The molecule has 0 unspecified atom stereocenters. The van der Waals surface area contributed by atoms with Gasteiger partial charge in [0.2, 0.25) is 6.54 Å².